The van der Waals surface area contributed by atoms with Crippen LogP contribution in [-0.4, -0.2) is 42.4 Å². The van der Waals surface area contributed by atoms with Crippen molar-refractivity contribution >= 4 is 11.9 Å². The minimum atomic E-state index is -0.115. The highest BCUT2D eigenvalue weighted by Gasteiger charge is 2.33. The largest absolute Gasteiger partial charge is 0.341 e. The van der Waals surface area contributed by atoms with Crippen molar-refractivity contribution in [3.8, 4) is 0 Å². The van der Waals surface area contributed by atoms with Crippen molar-refractivity contribution < 1.29 is 4.79 Å². The van der Waals surface area contributed by atoms with E-state index in [1.54, 1.807) is 7.05 Å². The molecule has 2 amide bonds. The molecule has 0 unspecified atom stereocenters. The lowest BCUT2D eigenvalue weighted by atomic mass is 10.0. The van der Waals surface area contributed by atoms with Gasteiger partial charge in [-0.25, -0.2) is 4.79 Å². The topological polar surface area (TPSA) is 56.7 Å². The molecule has 17 heavy (non-hydrogen) atoms. The van der Waals surface area contributed by atoms with Crippen molar-refractivity contribution in [3.63, 3.8) is 0 Å². The maximum atomic E-state index is 11.3. The molecule has 0 saturated carbocycles. The van der Waals surface area contributed by atoms with Gasteiger partial charge in [-0.15, -0.1) is 0 Å². The second-order valence-corrected chi connectivity index (χ2v) is 4.72. The van der Waals surface area contributed by atoms with Crippen LogP contribution in [0.4, 0.5) is 4.79 Å². The fourth-order valence-electron chi connectivity index (χ4n) is 2.48. The third kappa shape index (κ3) is 2.14. The molecule has 2 rings (SSSR count). The van der Waals surface area contributed by atoms with Gasteiger partial charge in [0.05, 0.1) is 12.1 Å². The zero-order valence-corrected chi connectivity index (χ0v) is 10.9. The number of nitrogens with zero attached hydrogens (tertiary/aromatic N) is 2. The third-order valence-corrected chi connectivity index (χ3v) is 3.58. The summed E-state index contributed by atoms with van der Waals surface area (Å²) < 4.78 is 0. The number of urea groups is 1. The number of rotatable bonds is 1. The molecule has 94 valence electrons. The Morgan fingerprint density at radius 2 is 2.18 bits per heavy atom. The maximum absolute atomic E-state index is 11.3. The number of hydrogen-bond donors (Lipinski definition) is 2. The normalized spacial score (nSPS) is 27.8. The van der Waals surface area contributed by atoms with E-state index in [1.165, 1.54) is 11.3 Å². The number of aliphatic imine (C=N–C) groups is 1. The fraction of sp³-hybridized carbons (Fsp3) is 0.667. The standard InChI is InChI=1S/C12H20N4O/c1-7-8(2)14-9(3)16-6-10(5-11(7)16)15-12(17)13-4/h8,10H,5-6H2,1-4H3,(H2,13,15,17)/t8-,10+/m0/s1. The van der Waals surface area contributed by atoms with Crippen LogP contribution in [0.5, 0.6) is 0 Å². The lowest BCUT2D eigenvalue weighted by molar-refractivity contribution is 0.239. The highest BCUT2D eigenvalue weighted by molar-refractivity contribution is 5.84. The van der Waals surface area contributed by atoms with Gasteiger partial charge in [0, 0.05) is 25.7 Å². The van der Waals surface area contributed by atoms with Gasteiger partial charge in [0.2, 0.25) is 0 Å². The maximum Gasteiger partial charge on any atom is 0.314 e. The first-order chi connectivity index (χ1) is 8.02. The van der Waals surface area contributed by atoms with E-state index in [0.29, 0.717) is 0 Å². The molecule has 0 radical (unpaired) electrons. The van der Waals surface area contributed by atoms with Gasteiger partial charge < -0.3 is 15.5 Å². The first-order valence-corrected chi connectivity index (χ1v) is 6.02. The zero-order valence-electron chi connectivity index (χ0n) is 10.9. The molecule has 2 atom stereocenters. The summed E-state index contributed by atoms with van der Waals surface area (Å²) in [6, 6.07) is 0.325. The van der Waals surface area contributed by atoms with Gasteiger partial charge in [-0.05, 0) is 26.3 Å². The summed E-state index contributed by atoms with van der Waals surface area (Å²) in [4.78, 5) is 18.1. The van der Waals surface area contributed by atoms with Gasteiger partial charge in [0.25, 0.3) is 0 Å². The zero-order chi connectivity index (χ0) is 12.6. The molecule has 5 nitrogen and oxygen atoms in total. The summed E-state index contributed by atoms with van der Waals surface area (Å²) >= 11 is 0. The van der Waals surface area contributed by atoms with Crippen molar-refractivity contribution in [2.45, 2.75) is 39.3 Å². The number of carbonyl (C=O) groups excluding carboxylic acids is 1. The summed E-state index contributed by atoms with van der Waals surface area (Å²) in [5.41, 5.74) is 2.64. The molecule has 0 aromatic carbocycles. The van der Waals surface area contributed by atoms with Crippen LogP contribution in [0.15, 0.2) is 16.3 Å². The predicted octanol–water partition coefficient (Wildman–Crippen LogP) is 1.08. The smallest absolute Gasteiger partial charge is 0.314 e. The molecule has 1 fully saturated rings. The number of fused-ring (bicyclic) bond motifs is 1. The minimum absolute atomic E-state index is 0.115. The number of nitrogens with one attached hydrogen (secondary N) is 2. The molecule has 2 N–H and O–H groups in total. The molecule has 0 bridgehead atoms. The van der Waals surface area contributed by atoms with Crippen LogP contribution in [0.25, 0.3) is 0 Å². The summed E-state index contributed by atoms with van der Waals surface area (Å²) in [7, 11) is 1.64. The van der Waals surface area contributed by atoms with E-state index >= 15 is 0 Å². The van der Waals surface area contributed by atoms with Crippen molar-refractivity contribution in [1.29, 1.82) is 0 Å². The van der Waals surface area contributed by atoms with Gasteiger partial charge in [-0.2, -0.15) is 0 Å². The Hall–Kier alpha value is -1.52. The molecule has 2 heterocycles. The Bertz CT molecular complexity index is 399. The Balaban J connectivity index is 2.13. The highest BCUT2D eigenvalue weighted by atomic mass is 16.2. The average Bonchev–Trinajstić information content (AvgIpc) is 2.70. The van der Waals surface area contributed by atoms with E-state index in [-0.39, 0.29) is 18.1 Å². The number of hydrogen-bond acceptors (Lipinski definition) is 3. The molecule has 2 aliphatic heterocycles. The Morgan fingerprint density at radius 1 is 1.47 bits per heavy atom. The Labute approximate surface area is 102 Å². The summed E-state index contributed by atoms with van der Waals surface area (Å²) in [5.74, 6) is 1.05. The van der Waals surface area contributed by atoms with Gasteiger partial charge >= 0.3 is 6.03 Å². The molecule has 0 aliphatic carbocycles. The van der Waals surface area contributed by atoms with Gasteiger partial charge in [-0.1, -0.05) is 0 Å². The van der Waals surface area contributed by atoms with E-state index < -0.39 is 0 Å². The monoisotopic (exact) mass is 236 g/mol. The van der Waals surface area contributed by atoms with Crippen molar-refractivity contribution in [1.82, 2.24) is 15.5 Å². The lowest BCUT2D eigenvalue weighted by Crippen LogP contribution is -2.42. The van der Waals surface area contributed by atoms with Gasteiger partial charge in [0.15, 0.2) is 0 Å². The van der Waals surface area contributed by atoms with Crippen LogP contribution in [-0.2, 0) is 0 Å². The van der Waals surface area contributed by atoms with Gasteiger partial charge in [-0.3, -0.25) is 4.99 Å². The van der Waals surface area contributed by atoms with Crippen molar-refractivity contribution in [3.05, 3.63) is 11.3 Å². The quantitative estimate of drug-likeness (QED) is 0.716. The highest BCUT2D eigenvalue weighted by Crippen LogP contribution is 2.30. The fourth-order valence-corrected chi connectivity index (χ4v) is 2.48. The molecule has 0 spiro atoms. The SMILES string of the molecule is CNC(=O)N[C@@H]1CC2=C(C)[C@H](C)N=C(C)N2C1. The van der Waals surface area contributed by atoms with Crippen LogP contribution in [0.1, 0.15) is 27.2 Å². The van der Waals surface area contributed by atoms with Crippen molar-refractivity contribution in [2.24, 2.45) is 4.99 Å². The van der Waals surface area contributed by atoms with E-state index in [9.17, 15) is 4.79 Å². The average molecular weight is 236 g/mol. The molecular weight excluding hydrogens is 216 g/mol. The second kappa shape index (κ2) is 4.39. The number of amidine groups is 1. The molecule has 1 saturated heterocycles. The van der Waals surface area contributed by atoms with Crippen LogP contribution in [0.3, 0.4) is 0 Å². The first kappa shape index (κ1) is 12.0. The van der Waals surface area contributed by atoms with Crippen molar-refractivity contribution in [2.75, 3.05) is 13.6 Å². The van der Waals surface area contributed by atoms with Crippen LogP contribution in [0.2, 0.25) is 0 Å². The van der Waals surface area contributed by atoms with E-state index in [0.717, 1.165) is 18.8 Å². The van der Waals surface area contributed by atoms with Crippen LogP contribution in [0, 0.1) is 0 Å². The lowest BCUT2D eigenvalue weighted by Gasteiger charge is -2.28. The molecule has 0 aromatic heterocycles. The predicted molar refractivity (Wildman–Crippen MR) is 68.0 cm³/mol. The molecular formula is C12H20N4O. The van der Waals surface area contributed by atoms with Gasteiger partial charge in [0.1, 0.15) is 5.84 Å². The number of amides is 2. The second-order valence-electron chi connectivity index (χ2n) is 4.72. The molecule has 0 aromatic rings. The summed E-state index contributed by atoms with van der Waals surface area (Å²) in [6.45, 7) is 7.10. The Morgan fingerprint density at radius 3 is 2.82 bits per heavy atom. The first-order valence-electron chi connectivity index (χ1n) is 6.02. The van der Waals surface area contributed by atoms with E-state index in [2.05, 4.69) is 34.4 Å². The van der Waals surface area contributed by atoms with E-state index in [4.69, 9.17) is 0 Å². The Kier molecular flexibility index (Phi) is 3.09. The van der Waals surface area contributed by atoms with Crippen LogP contribution >= 0.6 is 0 Å². The molecule has 5 heteroatoms. The summed E-state index contributed by atoms with van der Waals surface area (Å²) in [6.07, 6.45) is 0.899. The minimum Gasteiger partial charge on any atom is -0.341 e. The third-order valence-electron chi connectivity index (χ3n) is 3.58. The van der Waals surface area contributed by atoms with E-state index in [1.807, 2.05) is 6.92 Å². The van der Waals surface area contributed by atoms with Crippen LogP contribution < -0.4 is 10.6 Å². The molecule has 2 aliphatic rings. The number of carbonyl (C=O) groups is 1. The summed E-state index contributed by atoms with van der Waals surface area (Å²) in [5, 5.41) is 5.55.